The molecule has 2 aromatic heterocycles. The van der Waals surface area contributed by atoms with E-state index in [0.29, 0.717) is 5.69 Å². The maximum atomic E-state index is 6.21. The van der Waals surface area contributed by atoms with Gasteiger partial charge in [0.1, 0.15) is 0 Å². The maximum Gasteiger partial charge on any atom is 0.150 e. The van der Waals surface area contributed by atoms with Gasteiger partial charge in [-0.05, 0) is 43.0 Å². The quantitative estimate of drug-likeness (QED) is 0.735. The monoisotopic (exact) mass is 295 g/mol. The summed E-state index contributed by atoms with van der Waals surface area (Å²) in [5.74, 6) is 0. The van der Waals surface area contributed by atoms with E-state index in [9.17, 15) is 0 Å². The van der Waals surface area contributed by atoms with Crippen LogP contribution in [0.4, 0.5) is 5.69 Å². The number of rotatable bonds is 2. The van der Waals surface area contributed by atoms with E-state index in [4.69, 9.17) is 10.5 Å². The topological polar surface area (TPSA) is 78.9 Å². The first-order valence-corrected chi connectivity index (χ1v) is 7.48. The van der Waals surface area contributed by atoms with Crippen LogP contribution in [0.1, 0.15) is 25.5 Å². The van der Waals surface area contributed by atoms with Gasteiger partial charge in [0.15, 0.2) is 6.23 Å². The Morgan fingerprint density at radius 3 is 2.86 bits per heavy atom. The van der Waals surface area contributed by atoms with E-state index in [1.165, 1.54) is 0 Å². The minimum absolute atomic E-state index is 0.00327. The van der Waals surface area contributed by atoms with Gasteiger partial charge in [0, 0.05) is 23.2 Å². The Hall–Kier alpha value is -2.47. The molecule has 3 heterocycles. The van der Waals surface area contributed by atoms with Crippen LogP contribution in [0, 0.1) is 0 Å². The third-order valence-electron chi connectivity index (χ3n) is 4.09. The number of hydrogen-bond acceptors (Lipinski definition) is 5. The second kappa shape index (κ2) is 5.38. The number of hydrogen-bond donors (Lipinski definition) is 1. The zero-order chi connectivity index (χ0) is 14.9. The highest BCUT2D eigenvalue weighted by Gasteiger charge is 2.19. The Morgan fingerprint density at radius 1 is 1.14 bits per heavy atom. The Morgan fingerprint density at radius 2 is 2.09 bits per heavy atom. The zero-order valence-electron chi connectivity index (χ0n) is 12.1. The van der Waals surface area contributed by atoms with Crippen LogP contribution in [0.25, 0.3) is 22.0 Å². The summed E-state index contributed by atoms with van der Waals surface area (Å²) in [6.07, 6.45) is 8.49. The van der Waals surface area contributed by atoms with Crippen LogP contribution < -0.4 is 5.73 Å². The molecule has 2 N–H and O–H groups in total. The molecule has 0 radical (unpaired) electrons. The number of nitrogen functional groups attached to an aromatic ring is 1. The van der Waals surface area contributed by atoms with Crippen molar-refractivity contribution in [1.29, 1.82) is 0 Å². The lowest BCUT2D eigenvalue weighted by Crippen LogP contribution is -2.19. The lowest BCUT2D eigenvalue weighted by molar-refractivity contribution is -0.0366. The molecule has 0 amide bonds. The van der Waals surface area contributed by atoms with Crippen molar-refractivity contribution in [2.24, 2.45) is 0 Å². The number of benzene rings is 1. The van der Waals surface area contributed by atoms with Crippen LogP contribution in [0.5, 0.6) is 0 Å². The van der Waals surface area contributed by atoms with Crippen LogP contribution in [0.2, 0.25) is 0 Å². The van der Waals surface area contributed by atoms with Gasteiger partial charge in [-0.3, -0.25) is 0 Å². The second-order valence-electron chi connectivity index (χ2n) is 5.54. The molecule has 1 unspecified atom stereocenters. The lowest BCUT2D eigenvalue weighted by atomic mass is 10.1. The van der Waals surface area contributed by atoms with Gasteiger partial charge in [0.2, 0.25) is 0 Å². The summed E-state index contributed by atoms with van der Waals surface area (Å²) in [5, 5.41) is 13.2. The molecule has 1 atom stereocenters. The number of fused-ring (bicyclic) bond motifs is 1. The minimum atomic E-state index is -0.00327. The fourth-order valence-electron chi connectivity index (χ4n) is 2.95. The van der Waals surface area contributed by atoms with Crippen molar-refractivity contribution in [2.45, 2.75) is 25.5 Å². The van der Waals surface area contributed by atoms with Crippen molar-refractivity contribution < 1.29 is 4.74 Å². The van der Waals surface area contributed by atoms with Crippen LogP contribution >= 0.6 is 0 Å². The predicted octanol–water partition coefficient (Wildman–Crippen LogP) is 2.77. The van der Waals surface area contributed by atoms with Crippen LogP contribution in [0.3, 0.4) is 0 Å². The molecule has 1 aliphatic heterocycles. The molecular weight excluding hydrogens is 278 g/mol. The normalized spacial score (nSPS) is 18.6. The summed E-state index contributed by atoms with van der Waals surface area (Å²) in [6, 6.07) is 5.96. The van der Waals surface area contributed by atoms with Crippen molar-refractivity contribution in [3.05, 3.63) is 36.8 Å². The first kappa shape index (κ1) is 13.2. The van der Waals surface area contributed by atoms with Crippen molar-refractivity contribution in [1.82, 2.24) is 20.0 Å². The number of aromatic nitrogens is 4. The SMILES string of the molecule is Nc1cc(-c2ccnnc2)cc2c1cnn2C1CCCCO1. The van der Waals surface area contributed by atoms with Gasteiger partial charge in [-0.2, -0.15) is 15.3 Å². The second-order valence-corrected chi connectivity index (χ2v) is 5.54. The van der Waals surface area contributed by atoms with Gasteiger partial charge in [-0.1, -0.05) is 0 Å². The summed E-state index contributed by atoms with van der Waals surface area (Å²) < 4.78 is 7.80. The highest BCUT2D eigenvalue weighted by molar-refractivity contribution is 5.94. The number of ether oxygens (including phenoxy) is 1. The summed E-state index contributed by atoms with van der Waals surface area (Å²) >= 11 is 0. The lowest BCUT2D eigenvalue weighted by Gasteiger charge is -2.23. The molecule has 4 rings (SSSR count). The Bertz CT molecular complexity index is 793. The highest BCUT2D eigenvalue weighted by Crippen LogP contribution is 2.32. The van der Waals surface area contributed by atoms with Crippen LogP contribution in [-0.4, -0.2) is 26.6 Å². The Balaban J connectivity index is 1.84. The molecule has 0 aliphatic carbocycles. The molecule has 22 heavy (non-hydrogen) atoms. The molecule has 1 fully saturated rings. The van der Waals surface area contributed by atoms with E-state index in [-0.39, 0.29) is 6.23 Å². The third-order valence-corrected chi connectivity index (χ3v) is 4.09. The molecule has 0 spiro atoms. The Kier molecular flexibility index (Phi) is 3.23. The van der Waals surface area contributed by atoms with E-state index in [0.717, 1.165) is 47.9 Å². The predicted molar refractivity (Wildman–Crippen MR) is 84.0 cm³/mol. The molecule has 6 heteroatoms. The first-order valence-electron chi connectivity index (χ1n) is 7.48. The Labute approximate surface area is 127 Å². The number of anilines is 1. The van der Waals surface area contributed by atoms with Crippen molar-refractivity contribution >= 4 is 16.6 Å². The van der Waals surface area contributed by atoms with Crippen LogP contribution in [0.15, 0.2) is 36.8 Å². The van der Waals surface area contributed by atoms with Gasteiger partial charge in [0.05, 0.1) is 24.1 Å². The van der Waals surface area contributed by atoms with Crippen molar-refractivity contribution in [3.63, 3.8) is 0 Å². The molecule has 6 nitrogen and oxygen atoms in total. The summed E-state index contributed by atoms with van der Waals surface area (Å²) in [7, 11) is 0. The summed E-state index contributed by atoms with van der Waals surface area (Å²) in [6.45, 7) is 0.787. The van der Waals surface area contributed by atoms with E-state index in [1.54, 1.807) is 12.4 Å². The average molecular weight is 295 g/mol. The van der Waals surface area contributed by atoms with Gasteiger partial charge in [-0.25, -0.2) is 4.68 Å². The van der Waals surface area contributed by atoms with Crippen LogP contribution in [-0.2, 0) is 4.74 Å². The van der Waals surface area contributed by atoms with Gasteiger partial charge >= 0.3 is 0 Å². The average Bonchev–Trinajstić information content (AvgIpc) is 3.01. The largest absolute Gasteiger partial charge is 0.398 e. The van der Waals surface area contributed by atoms with E-state index in [1.807, 2.05) is 23.0 Å². The number of nitrogens with two attached hydrogens (primary N) is 1. The van der Waals surface area contributed by atoms with E-state index >= 15 is 0 Å². The molecule has 1 aliphatic rings. The summed E-state index contributed by atoms with van der Waals surface area (Å²) in [4.78, 5) is 0. The third kappa shape index (κ3) is 2.21. The first-order chi connectivity index (χ1) is 10.8. The zero-order valence-corrected chi connectivity index (χ0v) is 12.1. The fourth-order valence-corrected chi connectivity index (χ4v) is 2.95. The van der Waals surface area contributed by atoms with Crippen molar-refractivity contribution in [2.75, 3.05) is 12.3 Å². The smallest absolute Gasteiger partial charge is 0.150 e. The molecule has 3 aromatic rings. The maximum absolute atomic E-state index is 6.21. The standard InChI is InChI=1S/C16H17N5O/c17-14-7-12(11-4-5-18-19-9-11)8-15-13(14)10-20-21(15)16-3-1-2-6-22-16/h4-5,7-10,16H,1-3,6,17H2. The van der Waals surface area contributed by atoms with Crippen molar-refractivity contribution in [3.8, 4) is 11.1 Å². The van der Waals surface area contributed by atoms with E-state index in [2.05, 4.69) is 21.4 Å². The molecule has 112 valence electrons. The molecule has 0 saturated carbocycles. The molecule has 0 bridgehead atoms. The molecule has 1 saturated heterocycles. The van der Waals surface area contributed by atoms with Gasteiger partial charge in [0.25, 0.3) is 0 Å². The molecule has 1 aromatic carbocycles. The minimum Gasteiger partial charge on any atom is -0.398 e. The molecular formula is C16H17N5O. The number of nitrogens with zero attached hydrogens (tertiary/aromatic N) is 4. The van der Waals surface area contributed by atoms with Gasteiger partial charge in [-0.15, -0.1) is 0 Å². The van der Waals surface area contributed by atoms with Gasteiger partial charge < -0.3 is 10.5 Å². The highest BCUT2D eigenvalue weighted by atomic mass is 16.5. The summed E-state index contributed by atoms with van der Waals surface area (Å²) in [5.41, 5.74) is 9.92. The fraction of sp³-hybridized carbons (Fsp3) is 0.312. The van der Waals surface area contributed by atoms with E-state index < -0.39 is 0 Å².